The third kappa shape index (κ3) is 4.66. The van der Waals surface area contributed by atoms with Crippen LogP contribution in [0.2, 0.25) is 5.02 Å². The summed E-state index contributed by atoms with van der Waals surface area (Å²) in [5.41, 5.74) is 2.37. The number of nitrogens with zero attached hydrogens (tertiary/aromatic N) is 1. The van der Waals surface area contributed by atoms with E-state index in [1.165, 1.54) is 6.07 Å². The molecule has 3 aromatic rings. The minimum Gasteiger partial charge on any atom is -0.355 e. The van der Waals surface area contributed by atoms with E-state index in [1.807, 2.05) is 0 Å². The average molecular weight is 406 g/mol. The number of carbonyl (C=O) groups is 1. The molecule has 0 atom stereocenters. The summed E-state index contributed by atoms with van der Waals surface area (Å²) in [4.78, 5) is 12.4. The molecule has 0 aliphatic carbocycles. The molecule has 1 aromatic heterocycles. The van der Waals surface area contributed by atoms with E-state index < -0.39 is 15.9 Å². The maximum Gasteiger partial charge on any atom is 0.277 e. The summed E-state index contributed by atoms with van der Waals surface area (Å²) in [5, 5.41) is 7.07. The summed E-state index contributed by atoms with van der Waals surface area (Å²) in [6.45, 7) is 1.80. The van der Waals surface area contributed by atoms with Crippen LogP contribution >= 0.6 is 11.6 Å². The molecular formula is C18H16ClN3O4S. The quantitative estimate of drug-likeness (QED) is 0.669. The van der Waals surface area contributed by atoms with Crippen LogP contribution in [0.25, 0.3) is 11.3 Å². The topological polar surface area (TPSA) is 101 Å². The second-order valence-electron chi connectivity index (χ2n) is 5.90. The number of halogens is 1. The lowest BCUT2D eigenvalue weighted by Crippen LogP contribution is -2.13. The van der Waals surface area contributed by atoms with Crippen molar-refractivity contribution >= 4 is 38.9 Å². The Kier molecular flexibility index (Phi) is 5.20. The van der Waals surface area contributed by atoms with Crippen molar-refractivity contribution in [3.8, 4) is 11.3 Å². The Hall–Kier alpha value is -2.84. The van der Waals surface area contributed by atoms with E-state index in [2.05, 4.69) is 15.2 Å². The smallest absolute Gasteiger partial charge is 0.277 e. The Morgan fingerprint density at radius 1 is 1.15 bits per heavy atom. The van der Waals surface area contributed by atoms with E-state index in [0.29, 0.717) is 27.7 Å². The molecule has 2 N–H and O–H groups in total. The number of hydrogen-bond donors (Lipinski definition) is 2. The molecule has 0 aliphatic heterocycles. The fourth-order valence-electron chi connectivity index (χ4n) is 2.40. The van der Waals surface area contributed by atoms with Crippen molar-refractivity contribution in [1.29, 1.82) is 0 Å². The molecule has 3 rings (SSSR count). The molecule has 0 aliphatic rings. The first-order valence-electron chi connectivity index (χ1n) is 7.84. The zero-order valence-electron chi connectivity index (χ0n) is 14.5. The van der Waals surface area contributed by atoms with Crippen LogP contribution in [0.5, 0.6) is 0 Å². The highest BCUT2D eigenvalue weighted by atomic mass is 35.5. The number of nitrogens with one attached hydrogen (secondary N) is 2. The van der Waals surface area contributed by atoms with Crippen LogP contribution in [0.15, 0.2) is 53.1 Å². The molecule has 140 valence electrons. The van der Waals surface area contributed by atoms with Gasteiger partial charge in [0.25, 0.3) is 5.91 Å². The number of sulfonamides is 1. The third-order valence-electron chi connectivity index (χ3n) is 3.71. The van der Waals surface area contributed by atoms with Crippen LogP contribution < -0.4 is 10.0 Å². The van der Waals surface area contributed by atoms with E-state index in [9.17, 15) is 13.2 Å². The van der Waals surface area contributed by atoms with Gasteiger partial charge in [-0.25, -0.2) is 8.42 Å². The van der Waals surface area contributed by atoms with Crippen molar-refractivity contribution in [3.63, 3.8) is 0 Å². The molecule has 0 saturated carbocycles. The molecule has 1 amide bonds. The van der Waals surface area contributed by atoms with Gasteiger partial charge in [-0.05, 0) is 36.8 Å². The highest BCUT2D eigenvalue weighted by Gasteiger charge is 2.16. The monoisotopic (exact) mass is 405 g/mol. The van der Waals surface area contributed by atoms with Crippen LogP contribution in [0.1, 0.15) is 16.1 Å². The van der Waals surface area contributed by atoms with E-state index >= 15 is 0 Å². The summed E-state index contributed by atoms with van der Waals surface area (Å²) in [6, 6.07) is 13.3. The van der Waals surface area contributed by atoms with Crippen molar-refractivity contribution < 1.29 is 17.7 Å². The normalized spacial score (nSPS) is 11.2. The zero-order valence-corrected chi connectivity index (χ0v) is 16.1. The predicted octanol–water partition coefficient (Wildman–Crippen LogP) is 3.93. The maximum absolute atomic E-state index is 12.4. The molecule has 0 fully saturated rings. The van der Waals surface area contributed by atoms with Gasteiger partial charge < -0.3 is 9.84 Å². The Morgan fingerprint density at radius 2 is 1.89 bits per heavy atom. The predicted molar refractivity (Wildman–Crippen MR) is 105 cm³/mol. The van der Waals surface area contributed by atoms with E-state index in [4.69, 9.17) is 16.1 Å². The molecule has 0 bridgehead atoms. The van der Waals surface area contributed by atoms with Crippen molar-refractivity contribution in [3.05, 3.63) is 64.8 Å². The highest BCUT2D eigenvalue weighted by Crippen LogP contribution is 2.26. The lowest BCUT2D eigenvalue weighted by Gasteiger charge is -2.07. The molecule has 0 unspecified atom stereocenters. The van der Waals surface area contributed by atoms with Gasteiger partial charge in [-0.3, -0.25) is 9.52 Å². The van der Waals surface area contributed by atoms with Crippen LogP contribution in [0, 0.1) is 6.92 Å². The maximum atomic E-state index is 12.4. The zero-order chi connectivity index (χ0) is 19.6. The lowest BCUT2D eigenvalue weighted by atomic mass is 10.1. The minimum atomic E-state index is -3.40. The molecule has 0 spiro atoms. The minimum absolute atomic E-state index is 0.0888. The summed E-state index contributed by atoms with van der Waals surface area (Å²) in [6.07, 6.45) is 1.06. The molecule has 2 aromatic carbocycles. The van der Waals surface area contributed by atoms with Gasteiger partial charge in [-0.1, -0.05) is 35.0 Å². The standard InChI is InChI=1S/C18H16ClN3O4S/c1-11-14(19)7-4-8-15(11)20-18(23)16-10-17(26-21-16)12-5-3-6-13(9-12)22-27(2,24)25/h3-10,22H,1-2H3,(H,20,23). The van der Waals surface area contributed by atoms with Crippen molar-refractivity contribution in [1.82, 2.24) is 5.16 Å². The lowest BCUT2D eigenvalue weighted by molar-refractivity contribution is 0.101. The van der Waals surface area contributed by atoms with Crippen LogP contribution in [-0.4, -0.2) is 25.7 Å². The van der Waals surface area contributed by atoms with Crippen LogP contribution in [0.3, 0.4) is 0 Å². The molecule has 27 heavy (non-hydrogen) atoms. The van der Waals surface area contributed by atoms with Crippen molar-refractivity contribution in [2.45, 2.75) is 6.92 Å². The van der Waals surface area contributed by atoms with Crippen molar-refractivity contribution in [2.75, 3.05) is 16.3 Å². The van der Waals surface area contributed by atoms with Gasteiger partial charge in [0.05, 0.1) is 6.26 Å². The Labute approximate surface area is 161 Å². The number of hydrogen-bond acceptors (Lipinski definition) is 5. The second kappa shape index (κ2) is 7.42. The number of anilines is 2. The highest BCUT2D eigenvalue weighted by molar-refractivity contribution is 7.92. The molecular weight excluding hydrogens is 390 g/mol. The molecule has 1 heterocycles. The summed E-state index contributed by atoms with van der Waals surface area (Å²) in [7, 11) is -3.40. The van der Waals surface area contributed by atoms with Gasteiger partial charge in [-0.2, -0.15) is 0 Å². The molecule has 7 nitrogen and oxygen atoms in total. The Morgan fingerprint density at radius 3 is 2.63 bits per heavy atom. The van der Waals surface area contributed by atoms with Gasteiger partial charge in [0.1, 0.15) is 0 Å². The van der Waals surface area contributed by atoms with Crippen LogP contribution in [0.4, 0.5) is 11.4 Å². The summed E-state index contributed by atoms with van der Waals surface area (Å²) >= 11 is 6.05. The fraction of sp³-hybridized carbons (Fsp3) is 0.111. The molecule has 9 heteroatoms. The number of rotatable bonds is 5. The van der Waals surface area contributed by atoms with Gasteiger partial charge >= 0.3 is 0 Å². The third-order valence-corrected chi connectivity index (χ3v) is 4.72. The largest absolute Gasteiger partial charge is 0.355 e. The number of carbonyl (C=O) groups excluding carboxylic acids is 1. The fourth-order valence-corrected chi connectivity index (χ4v) is 3.13. The summed E-state index contributed by atoms with van der Waals surface area (Å²) < 4.78 is 30.3. The first-order chi connectivity index (χ1) is 12.7. The number of amides is 1. The van der Waals surface area contributed by atoms with Gasteiger partial charge in [0.15, 0.2) is 11.5 Å². The van der Waals surface area contributed by atoms with Gasteiger partial charge in [0, 0.05) is 28.0 Å². The second-order valence-corrected chi connectivity index (χ2v) is 8.05. The van der Waals surface area contributed by atoms with E-state index in [-0.39, 0.29) is 5.69 Å². The first kappa shape index (κ1) is 18.9. The van der Waals surface area contributed by atoms with Crippen LogP contribution in [-0.2, 0) is 10.0 Å². The number of aromatic nitrogens is 1. The first-order valence-corrected chi connectivity index (χ1v) is 10.1. The SMILES string of the molecule is Cc1c(Cl)cccc1NC(=O)c1cc(-c2cccc(NS(C)(=O)=O)c2)on1. The Balaban J connectivity index is 1.81. The van der Waals surface area contributed by atoms with Crippen molar-refractivity contribution in [2.24, 2.45) is 0 Å². The van der Waals surface area contributed by atoms with E-state index in [1.54, 1.807) is 49.4 Å². The average Bonchev–Trinajstić information content (AvgIpc) is 3.08. The number of benzene rings is 2. The Bertz CT molecular complexity index is 1110. The molecule has 0 radical (unpaired) electrons. The van der Waals surface area contributed by atoms with E-state index in [0.717, 1.165) is 11.8 Å². The van der Waals surface area contributed by atoms with Gasteiger partial charge in [0.2, 0.25) is 10.0 Å². The summed E-state index contributed by atoms with van der Waals surface area (Å²) in [5.74, 6) is -0.110. The molecule has 0 saturated heterocycles. The van der Waals surface area contributed by atoms with Gasteiger partial charge in [-0.15, -0.1) is 0 Å².